The van der Waals surface area contributed by atoms with Crippen molar-refractivity contribution in [2.45, 2.75) is 52.6 Å². The van der Waals surface area contributed by atoms with E-state index in [1.165, 1.54) is 6.07 Å². The number of nitrogen functional groups attached to an aromatic ring is 2. The molecule has 1 amide bonds. The zero-order chi connectivity index (χ0) is 31.5. The summed E-state index contributed by atoms with van der Waals surface area (Å²) in [5, 5.41) is 17.6. The Hall–Kier alpha value is -5.27. The molecule has 228 valence electrons. The number of benzene rings is 2. The lowest BCUT2D eigenvalue weighted by molar-refractivity contribution is -0.383. The van der Waals surface area contributed by atoms with Gasteiger partial charge in [-0.15, -0.1) is 0 Å². The molecule has 0 aliphatic rings. The molecule has 1 atom stereocenters. The molecule has 0 unspecified atom stereocenters. The summed E-state index contributed by atoms with van der Waals surface area (Å²) in [6.45, 7) is 5.75. The van der Waals surface area contributed by atoms with Gasteiger partial charge >= 0.3 is 11.9 Å². The maximum absolute atomic E-state index is 12.8. The smallest absolute Gasteiger partial charge is 0.328 e. The number of carbonyl (C=O) groups is 3. The molecule has 0 saturated heterocycles. The number of aromatic nitrogens is 2. The molecule has 3 aromatic rings. The largest absolute Gasteiger partial charge is 0.466 e. The highest BCUT2D eigenvalue weighted by molar-refractivity contribution is 5.97. The summed E-state index contributed by atoms with van der Waals surface area (Å²) in [5.74, 6) is -1.48. The van der Waals surface area contributed by atoms with Gasteiger partial charge in [0.15, 0.2) is 0 Å². The summed E-state index contributed by atoms with van der Waals surface area (Å²) >= 11 is 0. The number of nitro groups is 1. The first-order chi connectivity index (χ1) is 20.6. The van der Waals surface area contributed by atoms with Crippen LogP contribution in [-0.2, 0) is 32.0 Å². The minimum Gasteiger partial charge on any atom is -0.466 e. The molecule has 0 aliphatic carbocycles. The molecule has 1 aromatic heterocycles. The van der Waals surface area contributed by atoms with Crippen molar-refractivity contribution in [1.82, 2.24) is 15.3 Å². The van der Waals surface area contributed by atoms with E-state index in [0.29, 0.717) is 23.2 Å². The van der Waals surface area contributed by atoms with Crippen molar-refractivity contribution in [3.8, 4) is 11.1 Å². The Morgan fingerprint density at radius 2 is 1.70 bits per heavy atom. The second-order valence-electron chi connectivity index (χ2n) is 9.30. The SMILES string of the molecule is CCOC(=O)CC[C@H](NC(=O)c1ccc(CNc2ccc(-c3c(N)nc(N)nc3CC)cc2[N+](=O)[O-])cc1)C(=O)OCC. The van der Waals surface area contributed by atoms with Crippen LogP contribution in [0.3, 0.4) is 0 Å². The topological polar surface area (TPSA) is 215 Å². The maximum atomic E-state index is 12.8. The number of aryl methyl sites for hydroxylation is 1. The van der Waals surface area contributed by atoms with Crippen LogP contribution in [0.15, 0.2) is 42.5 Å². The fourth-order valence-corrected chi connectivity index (χ4v) is 4.30. The number of rotatable bonds is 14. The fraction of sp³-hybridized carbons (Fsp3) is 0.345. The van der Waals surface area contributed by atoms with E-state index in [4.69, 9.17) is 20.9 Å². The minimum absolute atomic E-state index is 0.0285. The number of nitrogens with zero attached hydrogens (tertiary/aromatic N) is 3. The first-order valence-electron chi connectivity index (χ1n) is 13.7. The van der Waals surface area contributed by atoms with Gasteiger partial charge in [-0.1, -0.05) is 25.1 Å². The van der Waals surface area contributed by atoms with Gasteiger partial charge in [0.2, 0.25) is 5.95 Å². The van der Waals surface area contributed by atoms with Crippen LogP contribution in [-0.4, -0.2) is 52.0 Å². The predicted octanol–water partition coefficient (Wildman–Crippen LogP) is 3.40. The monoisotopic (exact) mass is 593 g/mol. The standard InChI is InChI=1S/C29H35N7O7/c1-4-20-25(26(30)35-29(31)34-20)19-11-12-21(23(15-19)36(40)41)32-16-17-7-9-18(10-8-17)27(38)33-22(28(39)43-6-3)13-14-24(37)42-5-2/h7-12,15,22,32H,4-6,13-14,16H2,1-3H3,(H,33,38)(H4,30,31,34,35)/t22-/m0/s1. The number of nitro benzene ring substituents is 1. The van der Waals surface area contributed by atoms with E-state index in [9.17, 15) is 24.5 Å². The minimum atomic E-state index is -1.02. The first-order valence-corrected chi connectivity index (χ1v) is 13.7. The van der Waals surface area contributed by atoms with E-state index in [0.717, 1.165) is 5.56 Å². The van der Waals surface area contributed by atoms with Crippen molar-refractivity contribution < 1.29 is 28.8 Å². The Kier molecular flexibility index (Phi) is 11.3. The number of amides is 1. The molecule has 43 heavy (non-hydrogen) atoms. The summed E-state index contributed by atoms with van der Waals surface area (Å²) in [7, 11) is 0. The average molecular weight is 594 g/mol. The Morgan fingerprint density at radius 1 is 1.00 bits per heavy atom. The van der Waals surface area contributed by atoms with Gasteiger partial charge in [-0.25, -0.2) is 9.78 Å². The zero-order valence-corrected chi connectivity index (χ0v) is 24.2. The molecule has 0 spiro atoms. The Balaban J connectivity index is 1.71. The van der Waals surface area contributed by atoms with Gasteiger partial charge in [-0.05, 0) is 56.0 Å². The van der Waals surface area contributed by atoms with Crippen LogP contribution >= 0.6 is 0 Å². The number of nitrogens with two attached hydrogens (primary N) is 2. The zero-order valence-electron chi connectivity index (χ0n) is 24.2. The second kappa shape index (κ2) is 15.1. The third-order valence-electron chi connectivity index (χ3n) is 6.37. The van der Waals surface area contributed by atoms with Gasteiger partial charge in [0, 0.05) is 30.2 Å². The quantitative estimate of drug-likeness (QED) is 0.120. The Morgan fingerprint density at radius 3 is 2.33 bits per heavy atom. The van der Waals surface area contributed by atoms with Gasteiger partial charge < -0.3 is 31.6 Å². The number of carbonyl (C=O) groups excluding carboxylic acids is 3. The third kappa shape index (κ3) is 8.61. The molecule has 1 heterocycles. The molecule has 14 nitrogen and oxygen atoms in total. The van der Waals surface area contributed by atoms with Crippen molar-refractivity contribution in [2.24, 2.45) is 0 Å². The lowest BCUT2D eigenvalue weighted by Crippen LogP contribution is -2.42. The van der Waals surface area contributed by atoms with E-state index in [2.05, 4.69) is 20.6 Å². The number of ether oxygens (including phenoxy) is 2. The lowest BCUT2D eigenvalue weighted by atomic mass is 10.0. The highest BCUT2D eigenvalue weighted by atomic mass is 16.6. The van der Waals surface area contributed by atoms with Crippen molar-refractivity contribution in [1.29, 1.82) is 0 Å². The fourth-order valence-electron chi connectivity index (χ4n) is 4.30. The van der Waals surface area contributed by atoms with Crippen LogP contribution in [0.5, 0.6) is 0 Å². The highest BCUT2D eigenvalue weighted by Gasteiger charge is 2.24. The van der Waals surface area contributed by atoms with Crippen LogP contribution in [0.25, 0.3) is 11.1 Å². The highest BCUT2D eigenvalue weighted by Crippen LogP contribution is 2.35. The maximum Gasteiger partial charge on any atom is 0.328 e. The summed E-state index contributed by atoms with van der Waals surface area (Å²) in [6.07, 6.45) is 0.474. The van der Waals surface area contributed by atoms with Crippen LogP contribution in [0, 0.1) is 10.1 Å². The Bertz CT molecular complexity index is 1480. The Labute approximate surface area is 248 Å². The van der Waals surface area contributed by atoms with Gasteiger partial charge in [-0.3, -0.25) is 19.7 Å². The van der Waals surface area contributed by atoms with E-state index >= 15 is 0 Å². The normalized spacial score (nSPS) is 11.3. The third-order valence-corrected chi connectivity index (χ3v) is 6.37. The second-order valence-corrected chi connectivity index (χ2v) is 9.30. The summed E-state index contributed by atoms with van der Waals surface area (Å²) < 4.78 is 9.92. The molecule has 3 rings (SSSR count). The number of nitrogens with one attached hydrogen (secondary N) is 2. The van der Waals surface area contributed by atoms with Crippen LogP contribution in [0.2, 0.25) is 0 Å². The summed E-state index contributed by atoms with van der Waals surface area (Å²) in [4.78, 5) is 56.5. The number of anilines is 3. The molecule has 0 aliphatic heterocycles. The molecule has 0 fully saturated rings. The molecule has 0 saturated carbocycles. The van der Waals surface area contributed by atoms with E-state index in [1.807, 2.05) is 6.92 Å². The van der Waals surface area contributed by atoms with E-state index < -0.39 is 28.8 Å². The van der Waals surface area contributed by atoms with Crippen LogP contribution < -0.4 is 22.1 Å². The predicted molar refractivity (Wildman–Crippen MR) is 160 cm³/mol. The number of hydrogen-bond donors (Lipinski definition) is 4. The van der Waals surface area contributed by atoms with Crippen molar-refractivity contribution in [3.63, 3.8) is 0 Å². The van der Waals surface area contributed by atoms with Gasteiger partial charge in [0.05, 0.1) is 23.8 Å². The lowest BCUT2D eigenvalue weighted by Gasteiger charge is -2.17. The van der Waals surface area contributed by atoms with Crippen LogP contribution in [0.1, 0.15) is 55.2 Å². The summed E-state index contributed by atoms with van der Waals surface area (Å²) in [5.41, 5.74) is 14.5. The van der Waals surface area contributed by atoms with E-state index in [1.54, 1.807) is 50.2 Å². The van der Waals surface area contributed by atoms with Crippen molar-refractivity contribution in [2.75, 3.05) is 30.0 Å². The first kappa shape index (κ1) is 32.2. The van der Waals surface area contributed by atoms with Crippen molar-refractivity contribution in [3.05, 3.63) is 69.4 Å². The molecule has 0 radical (unpaired) electrons. The molecule has 0 bridgehead atoms. The van der Waals surface area contributed by atoms with Crippen LogP contribution in [0.4, 0.5) is 23.1 Å². The molecule has 6 N–H and O–H groups in total. The van der Waals surface area contributed by atoms with Gasteiger partial charge in [0.1, 0.15) is 17.5 Å². The van der Waals surface area contributed by atoms with Crippen molar-refractivity contribution >= 4 is 41.0 Å². The summed E-state index contributed by atoms with van der Waals surface area (Å²) in [6, 6.07) is 10.1. The molecular weight excluding hydrogens is 558 g/mol. The molecular formula is C29H35N7O7. The molecule has 14 heteroatoms. The van der Waals surface area contributed by atoms with E-state index in [-0.39, 0.29) is 61.3 Å². The van der Waals surface area contributed by atoms with Gasteiger partial charge in [0.25, 0.3) is 11.6 Å². The number of esters is 2. The number of hydrogen-bond acceptors (Lipinski definition) is 12. The average Bonchev–Trinajstić information content (AvgIpc) is 2.98. The van der Waals surface area contributed by atoms with Gasteiger partial charge in [-0.2, -0.15) is 4.98 Å². The molecule has 2 aromatic carbocycles.